The summed E-state index contributed by atoms with van der Waals surface area (Å²) in [6.45, 7) is 1.21. The van der Waals surface area contributed by atoms with Gasteiger partial charge < -0.3 is 9.84 Å². The maximum absolute atomic E-state index is 14.1. The fourth-order valence-electron chi connectivity index (χ4n) is 2.77. The molecule has 1 aliphatic heterocycles. The first-order valence-electron chi connectivity index (χ1n) is 8.18. The third-order valence-corrected chi connectivity index (χ3v) is 4.27. The maximum Gasteiger partial charge on any atom is 0.315 e. The number of nitrogens with zero attached hydrogens (tertiary/aromatic N) is 3. The zero-order valence-corrected chi connectivity index (χ0v) is 15.5. The number of nitro groups is 1. The molecule has 2 aromatic rings. The van der Waals surface area contributed by atoms with Gasteiger partial charge in [-0.2, -0.15) is 10.1 Å². The molecular weight excluding hydrogens is 433 g/mol. The highest BCUT2D eigenvalue weighted by molar-refractivity contribution is 6.32. The van der Waals surface area contributed by atoms with Crippen LogP contribution in [0.3, 0.4) is 0 Å². The van der Waals surface area contributed by atoms with Crippen LogP contribution in [0.5, 0.6) is 11.5 Å². The average molecular weight is 443 g/mol. The van der Waals surface area contributed by atoms with Gasteiger partial charge in [0.2, 0.25) is 11.6 Å². The number of benzene rings is 2. The lowest BCUT2D eigenvalue weighted by molar-refractivity contribution is -0.386. The van der Waals surface area contributed by atoms with Crippen LogP contribution in [0.25, 0.3) is 6.08 Å². The normalized spacial score (nSPS) is 14.9. The van der Waals surface area contributed by atoms with Crippen molar-refractivity contribution in [1.29, 1.82) is 0 Å². The van der Waals surface area contributed by atoms with Crippen LogP contribution in [0.4, 0.5) is 33.3 Å². The highest BCUT2D eigenvalue weighted by Gasteiger charge is 2.37. The Hall–Kier alpha value is -4.03. The second-order valence-electron chi connectivity index (χ2n) is 6.13. The summed E-state index contributed by atoms with van der Waals surface area (Å²) in [5, 5.41) is 24.5. The Balaban J connectivity index is 2.13. The van der Waals surface area contributed by atoms with Gasteiger partial charge in [0.1, 0.15) is 5.69 Å². The third-order valence-electron chi connectivity index (χ3n) is 4.27. The summed E-state index contributed by atoms with van der Waals surface area (Å²) in [7, 11) is 1.12. The van der Waals surface area contributed by atoms with Crippen LogP contribution in [0, 0.1) is 39.2 Å². The summed E-state index contributed by atoms with van der Waals surface area (Å²) in [4.78, 5) is 22.8. The molecule has 3 rings (SSSR count). The number of phenols is 1. The Morgan fingerprint density at radius 3 is 2.16 bits per heavy atom. The fraction of sp³-hybridized carbons (Fsp3) is 0.111. The summed E-state index contributed by atoms with van der Waals surface area (Å²) in [6.07, 6.45) is 1.02. The van der Waals surface area contributed by atoms with Crippen LogP contribution >= 0.6 is 0 Å². The highest BCUT2D eigenvalue weighted by atomic mass is 19.2. The van der Waals surface area contributed by atoms with E-state index in [2.05, 4.69) is 5.10 Å². The van der Waals surface area contributed by atoms with E-state index in [-0.39, 0.29) is 27.6 Å². The average Bonchev–Trinajstić information content (AvgIpc) is 2.99. The topological polar surface area (TPSA) is 105 Å². The standard InChI is InChI=1S/C18H10F5N3O5/c1-6-8(3-7-4-9(26(29)30)17(27)10(5-7)31-2)18(28)25(24-6)16-14(22)12(20)11(19)13(21)15(16)23/h3-5,27H,1-2H3/b8-3+. The number of carbonyl (C=O) groups excluding carboxylic acids is 1. The van der Waals surface area contributed by atoms with Crippen molar-refractivity contribution in [2.45, 2.75) is 6.92 Å². The first-order chi connectivity index (χ1) is 14.5. The minimum absolute atomic E-state index is 0.00346. The van der Waals surface area contributed by atoms with E-state index < -0.39 is 57.0 Å². The van der Waals surface area contributed by atoms with Crippen molar-refractivity contribution in [3.05, 3.63) is 62.5 Å². The Morgan fingerprint density at radius 2 is 1.65 bits per heavy atom. The second kappa shape index (κ2) is 7.66. The Labute approximate surface area is 169 Å². The van der Waals surface area contributed by atoms with Crippen molar-refractivity contribution in [1.82, 2.24) is 0 Å². The van der Waals surface area contributed by atoms with Gasteiger partial charge in [0, 0.05) is 6.07 Å². The molecule has 0 bridgehead atoms. The fourth-order valence-corrected chi connectivity index (χ4v) is 2.77. The molecule has 13 heteroatoms. The molecular formula is C18H10F5N3O5. The van der Waals surface area contributed by atoms with Crippen molar-refractivity contribution in [2.24, 2.45) is 5.10 Å². The second-order valence-corrected chi connectivity index (χ2v) is 6.13. The molecule has 0 unspecified atom stereocenters. The molecule has 2 aromatic carbocycles. The smallest absolute Gasteiger partial charge is 0.315 e. The molecule has 8 nitrogen and oxygen atoms in total. The van der Waals surface area contributed by atoms with Crippen LogP contribution in [0.2, 0.25) is 0 Å². The lowest BCUT2D eigenvalue weighted by atomic mass is 10.1. The minimum Gasteiger partial charge on any atom is -0.500 e. The number of anilines is 1. The molecule has 1 aliphatic rings. The molecule has 0 aliphatic carbocycles. The number of nitro benzene ring substituents is 1. The number of ether oxygens (including phenoxy) is 1. The number of aromatic hydroxyl groups is 1. The molecule has 0 aromatic heterocycles. The SMILES string of the molecule is COc1cc(/C=C2/C(=O)N(c3c(F)c(F)c(F)c(F)c3F)N=C2C)cc([N+](=O)[O-])c1O. The first kappa shape index (κ1) is 21.7. The summed E-state index contributed by atoms with van der Waals surface area (Å²) < 4.78 is 73.2. The van der Waals surface area contributed by atoms with Crippen molar-refractivity contribution in [3.63, 3.8) is 0 Å². The van der Waals surface area contributed by atoms with Crippen LogP contribution in [0.15, 0.2) is 22.8 Å². The molecule has 0 atom stereocenters. The lowest BCUT2D eigenvalue weighted by Gasteiger charge is -2.15. The van der Waals surface area contributed by atoms with Crippen molar-refractivity contribution < 1.29 is 41.5 Å². The van der Waals surface area contributed by atoms with Crippen LogP contribution in [0.1, 0.15) is 12.5 Å². The molecule has 0 spiro atoms. The molecule has 0 fully saturated rings. The Kier molecular flexibility index (Phi) is 5.36. The Morgan fingerprint density at radius 1 is 1.10 bits per heavy atom. The zero-order chi connectivity index (χ0) is 23.2. The quantitative estimate of drug-likeness (QED) is 0.193. The summed E-state index contributed by atoms with van der Waals surface area (Å²) in [5.41, 5.74) is -2.91. The number of rotatable bonds is 4. The number of hydrazone groups is 1. The molecule has 0 saturated carbocycles. The van der Waals surface area contributed by atoms with Gasteiger partial charge in [-0.25, -0.2) is 22.0 Å². The van der Waals surface area contributed by atoms with E-state index >= 15 is 0 Å². The first-order valence-corrected chi connectivity index (χ1v) is 8.18. The predicted molar refractivity (Wildman–Crippen MR) is 96.1 cm³/mol. The minimum atomic E-state index is -2.40. The molecule has 1 N–H and O–H groups in total. The van der Waals surface area contributed by atoms with E-state index in [0.717, 1.165) is 25.3 Å². The lowest BCUT2D eigenvalue weighted by Crippen LogP contribution is -2.25. The van der Waals surface area contributed by atoms with Gasteiger partial charge in [0.05, 0.1) is 23.3 Å². The molecule has 0 radical (unpaired) electrons. The number of carbonyl (C=O) groups is 1. The van der Waals surface area contributed by atoms with E-state index in [1.807, 2.05) is 0 Å². The van der Waals surface area contributed by atoms with Crippen molar-refractivity contribution >= 4 is 29.1 Å². The number of amides is 1. The van der Waals surface area contributed by atoms with Crippen LogP contribution in [-0.2, 0) is 4.79 Å². The van der Waals surface area contributed by atoms with Crippen molar-refractivity contribution in [3.8, 4) is 11.5 Å². The van der Waals surface area contributed by atoms with Crippen molar-refractivity contribution in [2.75, 3.05) is 12.1 Å². The maximum atomic E-state index is 14.1. The van der Waals surface area contributed by atoms with Crippen LogP contribution in [-0.4, -0.2) is 28.8 Å². The summed E-state index contributed by atoms with van der Waals surface area (Å²) in [5.74, 6) is -13.8. The van der Waals surface area contributed by atoms with Gasteiger partial charge in [-0.15, -0.1) is 0 Å². The molecule has 1 amide bonds. The van der Waals surface area contributed by atoms with Gasteiger partial charge in [-0.3, -0.25) is 14.9 Å². The molecule has 162 valence electrons. The van der Waals surface area contributed by atoms with Gasteiger partial charge >= 0.3 is 5.69 Å². The van der Waals surface area contributed by atoms with E-state index in [4.69, 9.17) is 4.74 Å². The third kappa shape index (κ3) is 3.43. The van der Waals surface area contributed by atoms with E-state index in [0.29, 0.717) is 0 Å². The summed E-state index contributed by atoms with van der Waals surface area (Å²) >= 11 is 0. The Bertz CT molecular complexity index is 1180. The van der Waals surface area contributed by atoms with Gasteiger partial charge in [-0.05, 0) is 24.6 Å². The van der Waals surface area contributed by atoms with Crippen LogP contribution < -0.4 is 9.75 Å². The van der Waals surface area contributed by atoms with E-state index in [1.54, 1.807) is 0 Å². The molecule has 0 saturated heterocycles. The van der Waals surface area contributed by atoms with E-state index in [1.165, 1.54) is 6.92 Å². The van der Waals surface area contributed by atoms with E-state index in [9.17, 15) is 42.0 Å². The summed E-state index contributed by atoms with van der Waals surface area (Å²) in [6, 6.07) is 2.00. The number of hydrogen-bond acceptors (Lipinski definition) is 6. The largest absolute Gasteiger partial charge is 0.500 e. The van der Waals surface area contributed by atoms with Gasteiger partial charge in [-0.1, -0.05) is 0 Å². The predicted octanol–water partition coefficient (Wildman–Crippen LogP) is 3.81. The molecule has 1 heterocycles. The van der Waals surface area contributed by atoms with Gasteiger partial charge in [0.25, 0.3) is 5.91 Å². The monoisotopic (exact) mass is 443 g/mol. The molecule has 31 heavy (non-hydrogen) atoms. The zero-order valence-electron chi connectivity index (χ0n) is 15.5. The number of halogens is 5. The number of methoxy groups -OCH3 is 1. The number of phenolic OH excluding ortho intramolecular Hbond substituents is 1. The highest BCUT2D eigenvalue weighted by Crippen LogP contribution is 2.38. The van der Waals surface area contributed by atoms with Gasteiger partial charge in [0.15, 0.2) is 29.0 Å². The number of hydrogen-bond donors (Lipinski definition) is 1.